The molecule has 7 rings (SSSR count). The first kappa shape index (κ1) is 22.9. The van der Waals surface area contributed by atoms with Crippen molar-refractivity contribution < 1.29 is 18.9 Å². The van der Waals surface area contributed by atoms with Crippen LogP contribution in [0.1, 0.15) is 34.7 Å². The highest BCUT2D eigenvalue weighted by molar-refractivity contribution is 7.07. The number of aromatic nitrogens is 1. The molecule has 7 nitrogen and oxygen atoms in total. The number of hydrogen-bond acceptors (Lipinski definition) is 7. The van der Waals surface area contributed by atoms with Crippen LogP contribution in [0, 0.1) is 0 Å². The van der Waals surface area contributed by atoms with Crippen molar-refractivity contribution in [3.8, 4) is 23.0 Å². The number of ether oxygens (including phenoxy) is 4. The first-order chi connectivity index (χ1) is 18.6. The van der Waals surface area contributed by atoms with Crippen LogP contribution < -0.4 is 33.8 Å². The van der Waals surface area contributed by atoms with E-state index in [0.29, 0.717) is 32.3 Å². The van der Waals surface area contributed by atoms with Crippen molar-refractivity contribution in [1.82, 2.24) is 4.57 Å². The van der Waals surface area contributed by atoms with Gasteiger partial charge in [-0.05, 0) is 65.9 Å². The lowest BCUT2D eigenvalue weighted by molar-refractivity contribution is 0.174. The quantitative estimate of drug-likeness (QED) is 0.403. The zero-order chi connectivity index (χ0) is 25.8. The minimum Gasteiger partial charge on any atom is -0.497 e. The topological polar surface area (TPSA) is 71.3 Å². The molecule has 2 aliphatic heterocycles. The van der Waals surface area contributed by atoms with E-state index in [-0.39, 0.29) is 18.4 Å². The number of nitrogens with zero attached hydrogens (tertiary/aromatic N) is 2. The van der Waals surface area contributed by atoms with E-state index in [1.165, 1.54) is 16.9 Å². The molecule has 0 bridgehead atoms. The predicted molar refractivity (Wildman–Crippen MR) is 145 cm³/mol. The van der Waals surface area contributed by atoms with Gasteiger partial charge in [0.05, 0.1) is 30.5 Å². The number of fused-ring (bicyclic) bond motifs is 4. The number of benzene rings is 3. The fourth-order valence-electron chi connectivity index (χ4n) is 5.51. The molecule has 3 aromatic carbocycles. The highest BCUT2D eigenvalue weighted by atomic mass is 32.1. The van der Waals surface area contributed by atoms with Crippen LogP contribution in [0.5, 0.6) is 23.0 Å². The Kier molecular flexibility index (Phi) is 5.37. The van der Waals surface area contributed by atoms with Crippen molar-refractivity contribution >= 4 is 23.1 Å². The summed E-state index contributed by atoms with van der Waals surface area (Å²) in [4.78, 5) is 19.8. The monoisotopic (exact) mass is 524 g/mol. The summed E-state index contributed by atoms with van der Waals surface area (Å²) in [7, 11) is 3.30. The third-order valence-corrected chi connectivity index (χ3v) is 8.28. The van der Waals surface area contributed by atoms with Gasteiger partial charge in [0.1, 0.15) is 11.5 Å². The first-order valence-corrected chi connectivity index (χ1v) is 13.2. The number of allylic oxidation sites excluding steroid dienone is 1. The summed E-state index contributed by atoms with van der Waals surface area (Å²) in [6, 6.07) is 19.4. The van der Waals surface area contributed by atoms with Crippen LogP contribution in [0.3, 0.4) is 0 Å². The van der Waals surface area contributed by atoms with E-state index < -0.39 is 0 Å². The van der Waals surface area contributed by atoms with Gasteiger partial charge in [0.2, 0.25) is 6.79 Å². The molecule has 0 spiro atoms. The second kappa shape index (κ2) is 8.92. The largest absolute Gasteiger partial charge is 0.497 e. The smallest absolute Gasteiger partial charge is 0.271 e. The molecule has 0 unspecified atom stereocenters. The summed E-state index contributed by atoms with van der Waals surface area (Å²) in [5.41, 5.74) is 6.09. The standard InChI is InChI=1S/C30H24N2O5S/c1-34-19-9-12-23(35-2)22(15-19)28-21-10-8-18-5-3-4-6-20(18)27(21)31-30-32(28)29(33)26(38-30)14-17-7-11-24-25(13-17)37-16-36-24/h3-7,9,11-15,28H,8,10,16H2,1-2H3/b26-14+/t28-/m0/s1. The summed E-state index contributed by atoms with van der Waals surface area (Å²) in [5.74, 6) is 2.80. The molecule has 8 heteroatoms. The van der Waals surface area contributed by atoms with Crippen molar-refractivity contribution in [3.63, 3.8) is 0 Å². The Balaban J connectivity index is 1.49. The van der Waals surface area contributed by atoms with Crippen LogP contribution in [0.4, 0.5) is 0 Å². The van der Waals surface area contributed by atoms with Crippen LogP contribution in [-0.2, 0) is 6.42 Å². The van der Waals surface area contributed by atoms with Crippen LogP contribution >= 0.6 is 11.3 Å². The lowest BCUT2D eigenvalue weighted by atomic mass is 9.83. The third kappa shape index (κ3) is 3.55. The van der Waals surface area contributed by atoms with Crippen LogP contribution in [-0.4, -0.2) is 25.6 Å². The van der Waals surface area contributed by atoms with Gasteiger partial charge in [0, 0.05) is 11.1 Å². The zero-order valence-electron chi connectivity index (χ0n) is 20.9. The molecule has 3 aliphatic rings. The van der Waals surface area contributed by atoms with Crippen molar-refractivity contribution in [1.29, 1.82) is 0 Å². The fourth-order valence-corrected chi connectivity index (χ4v) is 6.51. The molecule has 0 saturated carbocycles. The highest BCUT2D eigenvalue weighted by Gasteiger charge is 2.34. The van der Waals surface area contributed by atoms with E-state index in [1.54, 1.807) is 14.2 Å². The Labute approximate surface area is 222 Å². The van der Waals surface area contributed by atoms with E-state index in [4.69, 9.17) is 23.9 Å². The molecule has 1 atom stereocenters. The molecule has 1 aromatic heterocycles. The maximum atomic E-state index is 14.0. The van der Waals surface area contributed by atoms with Crippen molar-refractivity contribution in [2.24, 2.45) is 4.99 Å². The second-order valence-corrected chi connectivity index (χ2v) is 10.3. The van der Waals surface area contributed by atoms with Gasteiger partial charge in [-0.15, -0.1) is 0 Å². The first-order valence-electron chi connectivity index (χ1n) is 12.4. The molecule has 4 aromatic rings. The predicted octanol–water partition coefficient (Wildman–Crippen LogP) is 4.06. The molecule has 1 aliphatic carbocycles. The molecular formula is C30H24N2O5S. The minimum absolute atomic E-state index is 0.0910. The number of thiazole rings is 1. The Bertz CT molecular complexity index is 1820. The van der Waals surface area contributed by atoms with Gasteiger partial charge in [0.15, 0.2) is 16.3 Å². The maximum absolute atomic E-state index is 14.0. The zero-order valence-corrected chi connectivity index (χ0v) is 21.7. The molecule has 0 N–H and O–H groups in total. The third-order valence-electron chi connectivity index (χ3n) is 7.30. The molecular weight excluding hydrogens is 500 g/mol. The SMILES string of the molecule is COc1ccc(OC)c([C@@H]2C3=C(N=c4s/c(=C/c5ccc6c(c5)OCO6)c(=O)n42)c2ccccc2CC3)c1. The molecule has 0 saturated heterocycles. The van der Waals surface area contributed by atoms with Gasteiger partial charge < -0.3 is 18.9 Å². The van der Waals surface area contributed by atoms with Gasteiger partial charge >= 0.3 is 0 Å². The van der Waals surface area contributed by atoms with Gasteiger partial charge in [-0.2, -0.15) is 0 Å². The summed E-state index contributed by atoms with van der Waals surface area (Å²) >= 11 is 1.39. The minimum atomic E-state index is -0.362. The summed E-state index contributed by atoms with van der Waals surface area (Å²) in [5, 5.41) is 0. The fraction of sp³-hybridized carbons (Fsp3) is 0.200. The van der Waals surface area contributed by atoms with Gasteiger partial charge in [-0.25, -0.2) is 4.99 Å². The van der Waals surface area contributed by atoms with E-state index in [2.05, 4.69) is 18.2 Å². The van der Waals surface area contributed by atoms with Crippen LogP contribution in [0.2, 0.25) is 0 Å². The van der Waals surface area contributed by atoms with Crippen LogP contribution in [0.25, 0.3) is 11.8 Å². The van der Waals surface area contributed by atoms with E-state index >= 15 is 0 Å². The molecule has 0 fully saturated rings. The van der Waals surface area contributed by atoms with Crippen LogP contribution in [0.15, 0.2) is 76.0 Å². The lowest BCUT2D eigenvalue weighted by Gasteiger charge is -2.31. The summed E-state index contributed by atoms with van der Waals surface area (Å²) in [6.45, 7) is 0.205. The Hall–Kier alpha value is -4.30. The Morgan fingerprint density at radius 3 is 2.74 bits per heavy atom. The summed E-state index contributed by atoms with van der Waals surface area (Å²) < 4.78 is 24.7. The number of methoxy groups -OCH3 is 2. The molecule has 0 radical (unpaired) electrons. The van der Waals surface area contributed by atoms with Gasteiger partial charge in [0.25, 0.3) is 5.56 Å². The molecule has 0 amide bonds. The average Bonchev–Trinajstić information content (AvgIpc) is 3.55. The summed E-state index contributed by atoms with van der Waals surface area (Å²) in [6.07, 6.45) is 3.57. The van der Waals surface area contributed by atoms with E-state index in [9.17, 15) is 4.79 Å². The Morgan fingerprint density at radius 1 is 1.00 bits per heavy atom. The van der Waals surface area contributed by atoms with E-state index in [1.807, 2.05) is 53.1 Å². The number of rotatable bonds is 4. The van der Waals surface area contributed by atoms with Gasteiger partial charge in [-0.3, -0.25) is 9.36 Å². The van der Waals surface area contributed by atoms with Crippen molar-refractivity contribution in [2.75, 3.05) is 21.0 Å². The normalized spacial score (nSPS) is 17.4. The Morgan fingerprint density at radius 2 is 1.87 bits per heavy atom. The molecule has 190 valence electrons. The highest BCUT2D eigenvalue weighted by Crippen LogP contribution is 2.44. The van der Waals surface area contributed by atoms with E-state index in [0.717, 1.165) is 40.8 Å². The number of aryl methyl sites for hydroxylation is 1. The number of hydrogen-bond donors (Lipinski definition) is 0. The average molecular weight is 525 g/mol. The molecule has 3 heterocycles. The lowest BCUT2D eigenvalue weighted by Crippen LogP contribution is -2.39. The second-order valence-electron chi connectivity index (χ2n) is 9.33. The molecule has 38 heavy (non-hydrogen) atoms. The van der Waals surface area contributed by atoms with Crippen molar-refractivity contribution in [2.45, 2.75) is 18.9 Å². The maximum Gasteiger partial charge on any atom is 0.271 e. The van der Waals surface area contributed by atoms with Gasteiger partial charge in [-0.1, -0.05) is 41.7 Å². The van der Waals surface area contributed by atoms with Crippen molar-refractivity contribution in [3.05, 3.63) is 108 Å².